The number of carboxylic acid groups (broad SMARTS) is 1. The number of halogens is 1. The molecule has 2 aliphatic rings. The summed E-state index contributed by atoms with van der Waals surface area (Å²) in [6.45, 7) is 2.16. The Morgan fingerprint density at radius 3 is 2.73 bits per heavy atom. The van der Waals surface area contributed by atoms with E-state index < -0.39 is 11.9 Å². The monoisotopic (exact) mass is 302 g/mol. The number of nitrogens with zero attached hydrogens (tertiary/aromatic N) is 4. The Bertz CT molecular complexity index is 746. The molecule has 1 aliphatic heterocycles. The zero-order valence-corrected chi connectivity index (χ0v) is 11.9. The predicted octanol–water partition coefficient (Wildman–Crippen LogP) is 1.76. The second kappa shape index (κ2) is 4.53. The van der Waals surface area contributed by atoms with Crippen molar-refractivity contribution < 1.29 is 14.3 Å². The molecular formula is C15H15FN4O2. The minimum absolute atomic E-state index is 0.0553. The lowest BCUT2D eigenvalue weighted by atomic mass is 9.97. The van der Waals surface area contributed by atoms with E-state index in [1.165, 1.54) is 29.9 Å². The molecule has 6 nitrogen and oxygen atoms in total. The standard InChI is InChI=1S/C15H15FN4O2/c16-13-10(5-19-6-11(14(21)22)17-9-19)1-2-12(18-13)20-7-15(8-20)3-4-15/h1-2,6,9H,3-5,7-8H2,(H,21,22). The van der Waals surface area contributed by atoms with Gasteiger partial charge in [0.2, 0.25) is 5.95 Å². The van der Waals surface area contributed by atoms with Crippen molar-refractivity contribution in [1.82, 2.24) is 14.5 Å². The van der Waals surface area contributed by atoms with E-state index in [-0.39, 0.29) is 12.2 Å². The van der Waals surface area contributed by atoms with Gasteiger partial charge in [-0.2, -0.15) is 4.39 Å². The topological polar surface area (TPSA) is 71.2 Å². The van der Waals surface area contributed by atoms with E-state index in [1.54, 1.807) is 6.07 Å². The summed E-state index contributed by atoms with van der Waals surface area (Å²) in [7, 11) is 0. The first-order valence-electron chi connectivity index (χ1n) is 7.20. The summed E-state index contributed by atoms with van der Waals surface area (Å²) in [5.74, 6) is -0.935. The third-order valence-electron chi connectivity index (χ3n) is 4.45. The molecule has 2 fully saturated rings. The van der Waals surface area contributed by atoms with Crippen LogP contribution in [0.5, 0.6) is 0 Å². The van der Waals surface area contributed by atoms with Crippen molar-refractivity contribution in [3.8, 4) is 0 Å². The summed E-state index contributed by atoms with van der Waals surface area (Å²) >= 11 is 0. The molecule has 1 saturated heterocycles. The molecule has 2 aromatic heterocycles. The first kappa shape index (κ1) is 13.2. The highest BCUT2D eigenvalue weighted by molar-refractivity contribution is 5.84. The number of pyridine rings is 1. The fourth-order valence-electron chi connectivity index (χ4n) is 2.92. The van der Waals surface area contributed by atoms with Gasteiger partial charge in [-0.25, -0.2) is 14.8 Å². The second-order valence-electron chi connectivity index (χ2n) is 6.21. The normalized spacial score (nSPS) is 18.3. The second-order valence-corrected chi connectivity index (χ2v) is 6.21. The molecule has 0 aromatic carbocycles. The van der Waals surface area contributed by atoms with Crippen LogP contribution in [0.1, 0.15) is 28.9 Å². The van der Waals surface area contributed by atoms with Gasteiger partial charge >= 0.3 is 5.97 Å². The van der Waals surface area contributed by atoms with Crippen LogP contribution < -0.4 is 4.90 Å². The molecule has 3 heterocycles. The average Bonchev–Trinajstić information content (AvgIpc) is 3.11. The lowest BCUT2D eigenvalue weighted by molar-refractivity contribution is 0.0691. The van der Waals surface area contributed by atoms with Crippen LogP contribution in [0.2, 0.25) is 0 Å². The first-order chi connectivity index (χ1) is 10.5. The number of carbonyl (C=O) groups is 1. The maximum Gasteiger partial charge on any atom is 0.356 e. The van der Waals surface area contributed by atoms with Gasteiger partial charge in [0.25, 0.3) is 0 Å². The molecular weight excluding hydrogens is 287 g/mol. The largest absolute Gasteiger partial charge is 0.476 e. The number of imidazole rings is 1. The highest BCUT2D eigenvalue weighted by Gasteiger charge is 2.52. The number of carboxylic acids is 1. The van der Waals surface area contributed by atoms with Crippen LogP contribution >= 0.6 is 0 Å². The lowest BCUT2D eigenvalue weighted by Gasteiger charge is -2.40. The SMILES string of the molecule is O=C(O)c1cn(Cc2ccc(N3CC4(CC4)C3)nc2F)cn1. The van der Waals surface area contributed by atoms with Gasteiger partial charge in [-0.3, -0.25) is 0 Å². The van der Waals surface area contributed by atoms with Crippen molar-refractivity contribution in [1.29, 1.82) is 0 Å². The quantitative estimate of drug-likeness (QED) is 0.871. The summed E-state index contributed by atoms with van der Waals surface area (Å²) in [5.41, 5.74) is 0.862. The van der Waals surface area contributed by atoms with Gasteiger partial charge in [0, 0.05) is 30.3 Å². The third-order valence-corrected chi connectivity index (χ3v) is 4.45. The Balaban J connectivity index is 1.48. The van der Waals surface area contributed by atoms with E-state index in [2.05, 4.69) is 14.9 Å². The minimum atomic E-state index is -1.10. The third kappa shape index (κ3) is 2.22. The van der Waals surface area contributed by atoms with Gasteiger partial charge in [0.05, 0.1) is 12.9 Å². The van der Waals surface area contributed by atoms with Gasteiger partial charge in [0.15, 0.2) is 5.69 Å². The fourth-order valence-corrected chi connectivity index (χ4v) is 2.92. The molecule has 7 heteroatoms. The molecule has 114 valence electrons. The smallest absolute Gasteiger partial charge is 0.356 e. The molecule has 1 saturated carbocycles. The predicted molar refractivity (Wildman–Crippen MR) is 76.4 cm³/mol. The molecule has 0 amide bonds. The highest BCUT2D eigenvalue weighted by atomic mass is 19.1. The minimum Gasteiger partial charge on any atom is -0.476 e. The van der Waals surface area contributed by atoms with E-state index in [4.69, 9.17) is 5.11 Å². The molecule has 2 aromatic rings. The maximum absolute atomic E-state index is 14.1. The number of aromatic nitrogens is 3. The van der Waals surface area contributed by atoms with Gasteiger partial charge in [-0.1, -0.05) is 0 Å². The molecule has 4 rings (SSSR count). The molecule has 0 radical (unpaired) electrons. The summed E-state index contributed by atoms with van der Waals surface area (Å²) < 4.78 is 15.7. The highest BCUT2D eigenvalue weighted by Crippen LogP contribution is 2.53. The van der Waals surface area contributed by atoms with Crippen LogP contribution in [0.15, 0.2) is 24.7 Å². The van der Waals surface area contributed by atoms with Crippen molar-refractivity contribution in [2.75, 3.05) is 18.0 Å². The Kier molecular flexibility index (Phi) is 2.72. The van der Waals surface area contributed by atoms with E-state index in [1.807, 2.05) is 6.07 Å². The van der Waals surface area contributed by atoms with Crippen LogP contribution in [0.25, 0.3) is 0 Å². The van der Waals surface area contributed by atoms with E-state index in [9.17, 15) is 9.18 Å². The van der Waals surface area contributed by atoms with E-state index >= 15 is 0 Å². The van der Waals surface area contributed by atoms with E-state index in [0.717, 1.165) is 13.1 Å². The molecule has 1 spiro atoms. The van der Waals surface area contributed by atoms with Gasteiger partial charge < -0.3 is 14.6 Å². The maximum atomic E-state index is 14.1. The first-order valence-corrected chi connectivity index (χ1v) is 7.20. The summed E-state index contributed by atoms with van der Waals surface area (Å²) in [5, 5.41) is 8.83. The van der Waals surface area contributed by atoms with Crippen molar-refractivity contribution in [3.05, 3.63) is 41.9 Å². The van der Waals surface area contributed by atoms with Crippen LogP contribution in [-0.4, -0.2) is 38.7 Å². The number of aromatic carboxylic acids is 1. The molecule has 0 atom stereocenters. The van der Waals surface area contributed by atoms with Crippen molar-refractivity contribution in [2.24, 2.45) is 5.41 Å². The van der Waals surface area contributed by atoms with Crippen LogP contribution in [0.4, 0.5) is 10.2 Å². The van der Waals surface area contributed by atoms with Gasteiger partial charge in [0.1, 0.15) is 5.82 Å². The molecule has 1 aliphatic carbocycles. The van der Waals surface area contributed by atoms with Gasteiger partial charge in [-0.15, -0.1) is 0 Å². The number of hydrogen-bond acceptors (Lipinski definition) is 4. The summed E-state index contributed by atoms with van der Waals surface area (Å²) in [6, 6.07) is 3.53. The molecule has 22 heavy (non-hydrogen) atoms. The Hall–Kier alpha value is -2.44. The Morgan fingerprint density at radius 1 is 1.36 bits per heavy atom. The number of rotatable bonds is 4. The van der Waals surface area contributed by atoms with Crippen LogP contribution in [-0.2, 0) is 6.54 Å². The van der Waals surface area contributed by atoms with Crippen molar-refractivity contribution >= 4 is 11.8 Å². The fraction of sp³-hybridized carbons (Fsp3) is 0.400. The van der Waals surface area contributed by atoms with E-state index in [0.29, 0.717) is 16.8 Å². The molecule has 1 N–H and O–H groups in total. The Morgan fingerprint density at radius 2 is 2.14 bits per heavy atom. The Labute approximate surface area is 126 Å². The number of hydrogen-bond donors (Lipinski definition) is 1. The molecule has 0 bridgehead atoms. The average molecular weight is 302 g/mol. The zero-order chi connectivity index (χ0) is 15.3. The zero-order valence-electron chi connectivity index (χ0n) is 11.9. The van der Waals surface area contributed by atoms with Crippen LogP contribution in [0.3, 0.4) is 0 Å². The number of anilines is 1. The molecule has 0 unspecified atom stereocenters. The summed E-state index contributed by atoms with van der Waals surface area (Å²) in [4.78, 5) is 20.7. The van der Waals surface area contributed by atoms with Crippen LogP contribution in [0, 0.1) is 11.4 Å². The lowest BCUT2D eigenvalue weighted by Crippen LogP contribution is -2.48. The summed E-state index contributed by atoms with van der Waals surface area (Å²) in [6.07, 6.45) is 5.30. The van der Waals surface area contributed by atoms with Gasteiger partial charge in [-0.05, 0) is 25.0 Å². The van der Waals surface area contributed by atoms with Crippen molar-refractivity contribution in [2.45, 2.75) is 19.4 Å². The van der Waals surface area contributed by atoms with Crippen molar-refractivity contribution in [3.63, 3.8) is 0 Å².